The molecule has 0 radical (unpaired) electrons. The van der Waals surface area contributed by atoms with Gasteiger partial charge in [0.2, 0.25) is 9.84 Å². The van der Waals surface area contributed by atoms with Crippen LogP contribution in [0.5, 0.6) is 0 Å². The number of rotatable bonds is 2. The second kappa shape index (κ2) is 3.71. The van der Waals surface area contributed by atoms with Gasteiger partial charge >= 0.3 is 0 Å². The second-order valence-electron chi connectivity index (χ2n) is 2.20. The summed E-state index contributed by atoms with van der Waals surface area (Å²) < 4.78 is 23.1. The van der Waals surface area contributed by atoms with Crippen LogP contribution in [0.4, 0.5) is 0 Å². The van der Waals surface area contributed by atoms with E-state index in [1.807, 2.05) is 0 Å². The van der Waals surface area contributed by atoms with Gasteiger partial charge in [0.05, 0.1) is 4.90 Å². The molecular formula is C7H7IO3S. The summed E-state index contributed by atoms with van der Waals surface area (Å²) in [6.07, 6.45) is 0. The maximum atomic E-state index is 11.1. The van der Waals surface area contributed by atoms with Crippen LogP contribution in [0.3, 0.4) is 0 Å². The Morgan fingerprint density at radius 3 is 2.17 bits per heavy atom. The van der Waals surface area contributed by atoms with Crippen LogP contribution in [0.2, 0.25) is 0 Å². The molecule has 1 aromatic rings. The Hall–Kier alpha value is -0.140. The van der Waals surface area contributed by atoms with Gasteiger partial charge < -0.3 is 5.11 Å². The predicted octanol–water partition coefficient (Wildman–Crippen LogP) is 1.01. The SMILES string of the molecule is O=S(=O)(CO)c1ccc(I)cc1. The van der Waals surface area contributed by atoms with Gasteiger partial charge in [0.25, 0.3) is 0 Å². The minimum Gasteiger partial charge on any atom is -0.380 e. The average molecular weight is 298 g/mol. The lowest BCUT2D eigenvalue weighted by atomic mass is 10.4. The summed E-state index contributed by atoms with van der Waals surface area (Å²) in [5, 5.41) is 8.53. The molecule has 1 aromatic carbocycles. The third kappa shape index (κ3) is 2.18. The Kier molecular flexibility index (Phi) is 3.08. The van der Waals surface area contributed by atoms with E-state index in [0.29, 0.717) is 0 Å². The van der Waals surface area contributed by atoms with Gasteiger partial charge in [-0.1, -0.05) is 0 Å². The summed E-state index contributed by atoms with van der Waals surface area (Å²) in [4.78, 5) is 0.158. The lowest BCUT2D eigenvalue weighted by Gasteiger charge is -1.99. The maximum absolute atomic E-state index is 11.1. The highest BCUT2D eigenvalue weighted by molar-refractivity contribution is 14.1. The zero-order valence-electron chi connectivity index (χ0n) is 6.07. The molecule has 0 unspecified atom stereocenters. The van der Waals surface area contributed by atoms with Gasteiger partial charge in [0.15, 0.2) is 0 Å². The first-order valence-electron chi connectivity index (χ1n) is 3.15. The molecule has 0 atom stereocenters. The van der Waals surface area contributed by atoms with E-state index < -0.39 is 15.8 Å². The molecular weight excluding hydrogens is 291 g/mol. The summed E-state index contributed by atoms with van der Waals surface area (Å²) in [6, 6.07) is 6.33. The number of benzene rings is 1. The zero-order valence-corrected chi connectivity index (χ0v) is 9.04. The Bertz CT molecular complexity index is 355. The molecule has 66 valence electrons. The Morgan fingerprint density at radius 2 is 1.75 bits per heavy atom. The topological polar surface area (TPSA) is 54.4 Å². The molecule has 5 heteroatoms. The fourth-order valence-corrected chi connectivity index (χ4v) is 1.78. The van der Waals surface area contributed by atoms with Crippen LogP contribution in [-0.2, 0) is 9.84 Å². The van der Waals surface area contributed by atoms with Crippen LogP contribution in [0.1, 0.15) is 0 Å². The first-order valence-corrected chi connectivity index (χ1v) is 5.88. The van der Waals surface area contributed by atoms with E-state index in [2.05, 4.69) is 22.6 Å². The summed E-state index contributed by atoms with van der Waals surface area (Å²) in [7, 11) is -3.46. The monoisotopic (exact) mass is 298 g/mol. The summed E-state index contributed by atoms with van der Waals surface area (Å²) in [5.41, 5.74) is 0. The Labute approximate surface area is 84.5 Å². The van der Waals surface area contributed by atoms with Gasteiger partial charge in [0.1, 0.15) is 5.94 Å². The minimum absolute atomic E-state index is 0.158. The summed E-state index contributed by atoms with van der Waals surface area (Å²) in [6.45, 7) is 0. The molecule has 1 rings (SSSR count). The van der Waals surface area contributed by atoms with Gasteiger partial charge in [-0.15, -0.1) is 0 Å². The average Bonchev–Trinajstić information content (AvgIpc) is 2.05. The van der Waals surface area contributed by atoms with E-state index in [0.717, 1.165) is 3.57 Å². The van der Waals surface area contributed by atoms with Crippen molar-refractivity contribution < 1.29 is 13.5 Å². The molecule has 0 aliphatic carbocycles. The number of aliphatic hydroxyl groups is 1. The molecule has 0 aromatic heterocycles. The quantitative estimate of drug-likeness (QED) is 0.829. The largest absolute Gasteiger partial charge is 0.380 e. The molecule has 0 aliphatic rings. The fourth-order valence-electron chi connectivity index (χ4n) is 0.716. The summed E-state index contributed by atoms with van der Waals surface area (Å²) in [5.74, 6) is -0.840. The van der Waals surface area contributed by atoms with Crippen LogP contribution in [-0.4, -0.2) is 19.5 Å². The lowest BCUT2D eigenvalue weighted by molar-refractivity contribution is 0.358. The smallest absolute Gasteiger partial charge is 0.202 e. The van der Waals surface area contributed by atoms with E-state index in [-0.39, 0.29) is 4.90 Å². The Morgan fingerprint density at radius 1 is 1.25 bits per heavy atom. The van der Waals surface area contributed by atoms with Crippen molar-refractivity contribution in [2.75, 3.05) is 5.94 Å². The standard InChI is InChI=1S/C7H7IO3S/c8-6-1-3-7(4-2-6)12(10,11)5-9/h1-4,9H,5H2. The highest BCUT2D eigenvalue weighted by atomic mass is 127. The van der Waals surface area contributed by atoms with E-state index in [4.69, 9.17) is 5.11 Å². The lowest BCUT2D eigenvalue weighted by Crippen LogP contribution is -2.05. The molecule has 0 fully saturated rings. The van der Waals surface area contributed by atoms with E-state index in [1.165, 1.54) is 12.1 Å². The van der Waals surface area contributed by atoms with Crippen LogP contribution in [0.25, 0.3) is 0 Å². The Balaban J connectivity index is 3.14. The number of hydrogen-bond donors (Lipinski definition) is 1. The molecule has 0 amide bonds. The van der Waals surface area contributed by atoms with Crippen molar-refractivity contribution in [2.24, 2.45) is 0 Å². The van der Waals surface area contributed by atoms with Crippen LogP contribution in [0.15, 0.2) is 29.2 Å². The van der Waals surface area contributed by atoms with E-state index in [9.17, 15) is 8.42 Å². The predicted molar refractivity (Wildman–Crippen MR) is 53.4 cm³/mol. The highest BCUT2D eigenvalue weighted by Gasteiger charge is 2.11. The second-order valence-corrected chi connectivity index (χ2v) is 5.40. The number of aliphatic hydroxyl groups excluding tert-OH is 1. The molecule has 0 heterocycles. The van der Waals surface area contributed by atoms with Gasteiger partial charge in [-0.2, -0.15) is 0 Å². The third-order valence-electron chi connectivity index (χ3n) is 1.34. The molecule has 3 nitrogen and oxygen atoms in total. The van der Waals surface area contributed by atoms with Crippen molar-refractivity contribution in [2.45, 2.75) is 4.90 Å². The maximum Gasteiger partial charge on any atom is 0.202 e. The molecule has 0 bridgehead atoms. The molecule has 0 saturated carbocycles. The normalized spacial score (nSPS) is 11.5. The number of hydrogen-bond acceptors (Lipinski definition) is 3. The van der Waals surface area contributed by atoms with Crippen molar-refractivity contribution in [3.63, 3.8) is 0 Å². The first kappa shape index (κ1) is 9.94. The molecule has 12 heavy (non-hydrogen) atoms. The molecule has 0 aliphatic heterocycles. The minimum atomic E-state index is -3.46. The number of halogens is 1. The van der Waals surface area contributed by atoms with Crippen molar-refractivity contribution in [1.29, 1.82) is 0 Å². The van der Waals surface area contributed by atoms with Gasteiger partial charge in [0, 0.05) is 3.57 Å². The van der Waals surface area contributed by atoms with E-state index in [1.54, 1.807) is 12.1 Å². The van der Waals surface area contributed by atoms with Crippen LogP contribution < -0.4 is 0 Å². The van der Waals surface area contributed by atoms with Crippen molar-refractivity contribution in [3.05, 3.63) is 27.8 Å². The molecule has 0 saturated heterocycles. The zero-order chi connectivity index (χ0) is 9.19. The third-order valence-corrected chi connectivity index (χ3v) is 3.39. The molecule has 1 N–H and O–H groups in total. The van der Waals surface area contributed by atoms with Crippen molar-refractivity contribution >= 4 is 32.4 Å². The van der Waals surface area contributed by atoms with Crippen LogP contribution >= 0.6 is 22.6 Å². The van der Waals surface area contributed by atoms with Gasteiger partial charge in [-0.05, 0) is 46.9 Å². The summed E-state index contributed by atoms with van der Waals surface area (Å²) >= 11 is 2.08. The molecule has 0 spiro atoms. The van der Waals surface area contributed by atoms with E-state index >= 15 is 0 Å². The van der Waals surface area contributed by atoms with Gasteiger partial charge in [-0.3, -0.25) is 0 Å². The van der Waals surface area contributed by atoms with Crippen LogP contribution in [0, 0.1) is 3.57 Å². The number of sulfone groups is 1. The first-order chi connectivity index (χ1) is 5.56. The highest BCUT2D eigenvalue weighted by Crippen LogP contribution is 2.12. The van der Waals surface area contributed by atoms with Crippen molar-refractivity contribution in [3.8, 4) is 0 Å². The van der Waals surface area contributed by atoms with Crippen molar-refractivity contribution in [1.82, 2.24) is 0 Å². The van der Waals surface area contributed by atoms with Gasteiger partial charge in [-0.25, -0.2) is 8.42 Å². The fraction of sp³-hybridized carbons (Fsp3) is 0.143.